The molecular formula is C14H24N4O. The van der Waals surface area contributed by atoms with Gasteiger partial charge < -0.3 is 11.1 Å². The monoisotopic (exact) mass is 264 g/mol. The van der Waals surface area contributed by atoms with Crippen LogP contribution in [0.2, 0.25) is 0 Å². The lowest BCUT2D eigenvalue weighted by molar-refractivity contribution is -0.122. The molecule has 0 aromatic carbocycles. The van der Waals surface area contributed by atoms with Crippen LogP contribution in [0.1, 0.15) is 25.5 Å². The van der Waals surface area contributed by atoms with Gasteiger partial charge in [0.15, 0.2) is 0 Å². The number of nitrogens with zero attached hydrogens (tertiary/aromatic N) is 2. The molecule has 1 unspecified atom stereocenters. The first-order valence-electron chi connectivity index (χ1n) is 6.74. The van der Waals surface area contributed by atoms with Crippen molar-refractivity contribution in [1.29, 1.82) is 0 Å². The zero-order chi connectivity index (χ0) is 14.1. The molecule has 1 aromatic rings. The van der Waals surface area contributed by atoms with Gasteiger partial charge in [0.25, 0.3) is 0 Å². The summed E-state index contributed by atoms with van der Waals surface area (Å²) in [6, 6.07) is 5.86. The summed E-state index contributed by atoms with van der Waals surface area (Å²) in [7, 11) is 1.97. The van der Waals surface area contributed by atoms with Gasteiger partial charge in [0.05, 0.1) is 5.69 Å². The van der Waals surface area contributed by atoms with E-state index >= 15 is 0 Å². The Hall–Kier alpha value is -1.46. The fraction of sp³-hybridized carbons (Fsp3) is 0.571. The molecule has 1 heterocycles. The van der Waals surface area contributed by atoms with Gasteiger partial charge in [-0.3, -0.25) is 14.7 Å². The number of amides is 1. The average molecular weight is 264 g/mol. The number of rotatable bonds is 8. The smallest absolute Gasteiger partial charge is 0.221 e. The summed E-state index contributed by atoms with van der Waals surface area (Å²) in [5, 5.41) is 2.88. The van der Waals surface area contributed by atoms with Crippen LogP contribution in [0.4, 0.5) is 0 Å². The van der Waals surface area contributed by atoms with Crippen molar-refractivity contribution in [1.82, 2.24) is 15.2 Å². The number of aromatic nitrogens is 1. The molecule has 1 amide bonds. The van der Waals surface area contributed by atoms with Crippen molar-refractivity contribution >= 4 is 5.91 Å². The Morgan fingerprint density at radius 3 is 2.89 bits per heavy atom. The van der Waals surface area contributed by atoms with Crippen molar-refractivity contribution in [3.8, 4) is 0 Å². The summed E-state index contributed by atoms with van der Waals surface area (Å²) in [6.07, 6.45) is 3.15. The van der Waals surface area contributed by atoms with Crippen molar-refractivity contribution in [3.63, 3.8) is 0 Å². The Kier molecular flexibility index (Phi) is 7.07. The molecular weight excluding hydrogens is 240 g/mol. The van der Waals surface area contributed by atoms with Crippen LogP contribution in [0.3, 0.4) is 0 Å². The number of hydrogen-bond donors (Lipinski definition) is 2. The molecule has 0 spiro atoms. The van der Waals surface area contributed by atoms with Gasteiger partial charge in [0, 0.05) is 38.3 Å². The normalized spacial score (nSPS) is 12.4. The summed E-state index contributed by atoms with van der Waals surface area (Å²) < 4.78 is 0. The van der Waals surface area contributed by atoms with Crippen molar-refractivity contribution in [2.45, 2.75) is 32.4 Å². The standard InChI is InChI=1S/C14H24N4O/c1-3-7-17-14(19)9-13(10-15)18(2)11-12-6-4-5-8-16-12/h4-6,8,13H,3,7,9-11,15H2,1-2H3,(H,17,19). The Morgan fingerprint density at radius 2 is 2.32 bits per heavy atom. The average Bonchev–Trinajstić information content (AvgIpc) is 2.43. The molecule has 5 nitrogen and oxygen atoms in total. The third-order valence-corrected chi connectivity index (χ3v) is 3.03. The van der Waals surface area contributed by atoms with Crippen LogP contribution in [0.5, 0.6) is 0 Å². The topological polar surface area (TPSA) is 71.2 Å². The largest absolute Gasteiger partial charge is 0.356 e. The Morgan fingerprint density at radius 1 is 1.53 bits per heavy atom. The van der Waals surface area contributed by atoms with Gasteiger partial charge >= 0.3 is 0 Å². The molecule has 1 aromatic heterocycles. The van der Waals surface area contributed by atoms with Gasteiger partial charge in [0.1, 0.15) is 0 Å². The van der Waals surface area contributed by atoms with Crippen LogP contribution >= 0.6 is 0 Å². The van der Waals surface area contributed by atoms with E-state index in [2.05, 4.69) is 15.2 Å². The molecule has 0 fully saturated rings. The lowest BCUT2D eigenvalue weighted by Gasteiger charge is -2.26. The maximum atomic E-state index is 11.7. The summed E-state index contributed by atoms with van der Waals surface area (Å²) in [5.74, 6) is 0.0603. The summed E-state index contributed by atoms with van der Waals surface area (Å²) in [5.41, 5.74) is 6.75. The third kappa shape index (κ3) is 5.81. The highest BCUT2D eigenvalue weighted by Crippen LogP contribution is 2.06. The second kappa shape index (κ2) is 8.61. The molecule has 0 radical (unpaired) electrons. The van der Waals surface area contributed by atoms with Crippen molar-refractivity contribution in [3.05, 3.63) is 30.1 Å². The van der Waals surface area contributed by atoms with Crippen molar-refractivity contribution in [2.24, 2.45) is 5.73 Å². The minimum atomic E-state index is 0.0406. The Bertz CT molecular complexity index is 369. The molecule has 106 valence electrons. The van der Waals surface area contributed by atoms with E-state index < -0.39 is 0 Å². The maximum absolute atomic E-state index is 11.7. The van der Waals surface area contributed by atoms with Crippen LogP contribution < -0.4 is 11.1 Å². The highest BCUT2D eigenvalue weighted by Gasteiger charge is 2.17. The summed E-state index contributed by atoms with van der Waals surface area (Å²) in [4.78, 5) is 18.1. The molecule has 1 rings (SSSR count). The number of nitrogens with one attached hydrogen (secondary N) is 1. The second-order valence-electron chi connectivity index (χ2n) is 4.68. The fourth-order valence-electron chi connectivity index (χ4n) is 1.85. The number of carbonyl (C=O) groups is 1. The second-order valence-corrected chi connectivity index (χ2v) is 4.68. The van der Waals surface area contributed by atoms with Crippen molar-refractivity contribution < 1.29 is 4.79 Å². The predicted molar refractivity (Wildman–Crippen MR) is 76.5 cm³/mol. The van der Waals surface area contributed by atoms with Crippen LogP contribution in [-0.4, -0.2) is 42.0 Å². The Balaban J connectivity index is 2.47. The molecule has 0 bridgehead atoms. The van der Waals surface area contributed by atoms with Gasteiger partial charge in [-0.1, -0.05) is 13.0 Å². The van der Waals surface area contributed by atoms with E-state index in [1.165, 1.54) is 0 Å². The van der Waals surface area contributed by atoms with Crippen LogP contribution in [-0.2, 0) is 11.3 Å². The molecule has 3 N–H and O–H groups in total. The highest BCUT2D eigenvalue weighted by atomic mass is 16.1. The van der Waals surface area contributed by atoms with Gasteiger partial charge in [0.2, 0.25) is 5.91 Å². The van der Waals surface area contributed by atoms with Crippen LogP contribution in [0.15, 0.2) is 24.4 Å². The van der Waals surface area contributed by atoms with E-state index in [1.54, 1.807) is 6.20 Å². The van der Waals surface area contributed by atoms with E-state index in [4.69, 9.17) is 5.73 Å². The number of hydrogen-bond acceptors (Lipinski definition) is 4. The summed E-state index contributed by atoms with van der Waals surface area (Å²) >= 11 is 0. The van der Waals surface area contributed by atoms with E-state index in [9.17, 15) is 4.79 Å². The number of pyridine rings is 1. The molecule has 0 saturated heterocycles. The third-order valence-electron chi connectivity index (χ3n) is 3.03. The number of likely N-dealkylation sites (N-methyl/N-ethyl adjacent to an activating group) is 1. The molecule has 1 atom stereocenters. The van der Waals surface area contributed by atoms with Gasteiger partial charge in [-0.15, -0.1) is 0 Å². The van der Waals surface area contributed by atoms with Crippen LogP contribution in [0.25, 0.3) is 0 Å². The molecule has 19 heavy (non-hydrogen) atoms. The molecule has 5 heteroatoms. The molecule has 0 aliphatic heterocycles. The van der Waals surface area contributed by atoms with E-state index in [-0.39, 0.29) is 11.9 Å². The highest BCUT2D eigenvalue weighted by molar-refractivity contribution is 5.76. The molecule has 0 aliphatic rings. The quantitative estimate of drug-likeness (QED) is 0.727. The Labute approximate surface area is 115 Å². The van der Waals surface area contributed by atoms with E-state index in [0.29, 0.717) is 19.5 Å². The predicted octanol–water partition coefficient (Wildman–Crippen LogP) is 0.757. The molecule has 0 aliphatic carbocycles. The van der Waals surface area contributed by atoms with Crippen molar-refractivity contribution in [2.75, 3.05) is 20.1 Å². The fourth-order valence-corrected chi connectivity index (χ4v) is 1.85. The first-order chi connectivity index (χ1) is 9.17. The lowest BCUT2D eigenvalue weighted by Crippen LogP contribution is -2.41. The number of nitrogens with two attached hydrogens (primary N) is 1. The first kappa shape index (κ1) is 15.6. The van der Waals surface area contributed by atoms with Gasteiger partial charge in [-0.05, 0) is 25.6 Å². The minimum Gasteiger partial charge on any atom is -0.356 e. The maximum Gasteiger partial charge on any atom is 0.221 e. The van der Waals surface area contributed by atoms with Gasteiger partial charge in [-0.25, -0.2) is 0 Å². The van der Waals surface area contributed by atoms with E-state index in [0.717, 1.165) is 18.7 Å². The lowest BCUT2D eigenvalue weighted by atomic mass is 10.1. The first-order valence-corrected chi connectivity index (χ1v) is 6.74. The van der Waals surface area contributed by atoms with Crippen LogP contribution in [0, 0.1) is 0 Å². The van der Waals surface area contributed by atoms with Gasteiger partial charge in [-0.2, -0.15) is 0 Å². The minimum absolute atomic E-state index is 0.0406. The summed E-state index contributed by atoms with van der Waals surface area (Å²) in [6.45, 7) is 3.92. The zero-order valence-corrected chi connectivity index (χ0v) is 11.8. The SMILES string of the molecule is CCCNC(=O)CC(CN)N(C)Cc1ccccn1. The van der Waals surface area contributed by atoms with E-state index in [1.807, 2.05) is 32.2 Å². The zero-order valence-electron chi connectivity index (χ0n) is 11.8. The molecule has 0 saturated carbocycles. The number of carbonyl (C=O) groups excluding carboxylic acids is 1.